The molecule has 1 aliphatic carbocycles. The quantitative estimate of drug-likeness (QED) is 0.255. The molecule has 38 heavy (non-hydrogen) atoms. The fraction of sp³-hybridized carbons (Fsp3) is 0.519. The summed E-state index contributed by atoms with van der Waals surface area (Å²) in [6, 6.07) is 14.0. The number of thioether (sulfide) groups is 1. The van der Waals surface area contributed by atoms with Crippen molar-refractivity contribution in [2.75, 3.05) is 31.6 Å². The molecule has 4 rings (SSSR count). The minimum Gasteiger partial charge on any atom is -0.491 e. The number of anilines is 2. The van der Waals surface area contributed by atoms with E-state index in [4.69, 9.17) is 4.74 Å². The van der Waals surface area contributed by atoms with Crippen LogP contribution in [0.1, 0.15) is 40.0 Å². The third kappa shape index (κ3) is 8.71. The van der Waals surface area contributed by atoms with Crippen LogP contribution < -0.4 is 9.64 Å². The van der Waals surface area contributed by atoms with Gasteiger partial charge < -0.3 is 14.7 Å². The number of carboxylic acids is 1. The van der Waals surface area contributed by atoms with Gasteiger partial charge in [-0.2, -0.15) is 0 Å². The highest BCUT2D eigenvalue weighted by Gasteiger charge is 2.46. The van der Waals surface area contributed by atoms with Gasteiger partial charge >= 0.3 is 5.97 Å². The third-order valence-corrected chi connectivity index (χ3v) is 8.41. The molecule has 1 heterocycles. The first-order valence-corrected chi connectivity index (χ1v) is 14.1. The summed E-state index contributed by atoms with van der Waals surface area (Å²) >= 11 is 2.99. The molecule has 210 valence electrons. The molecule has 1 atom stereocenters. The van der Waals surface area contributed by atoms with Gasteiger partial charge in [-0.1, -0.05) is 25.1 Å². The number of alkyl halides is 4. The van der Waals surface area contributed by atoms with E-state index in [1.165, 1.54) is 18.7 Å². The number of ether oxygens (including phenoxy) is 1. The first-order chi connectivity index (χ1) is 17.8. The Morgan fingerprint density at radius 1 is 1.24 bits per heavy atom. The number of aliphatic carboxylic acids is 1. The number of para-hydroxylation sites is 1. The number of hydrogen-bond acceptors (Lipinski definition) is 6. The van der Waals surface area contributed by atoms with Crippen LogP contribution >= 0.6 is 23.7 Å². The standard InChI is InChI=1S/C23H26F2N2O3S2.C4H8F2/c1-15(22(28)29)14-30-19-11-20-18(10-21(19)31-17-12-23(24,25)13-17)27(9-8-26(2)32-20)16-6-4-3-5-7-16;1-3-4(2,5)6/h3-7,10-11,15,17H,8-9,12-14H2,1-2H3,(H,28,29);3H2,1-2H3. The number of hydrogen-bond donors (Lipinski definition) is 1. The van der Waals surface area contributed by atoms with Gasteiger partial charge in [-0.3, -0.25) is 4.79 Å². The van der Waals surface area contributed by atoms with Crippen molar-refractivity contribution in [1.82, 2.24) is 4.31 Å². The molecular weight excluding hydrogens is 540 g/mol. The summed E-state index contributed by atoms with van der Waals surface area (Å²) in [4.78, 5) is 15.2. The van der Waals surface area contributed by atoms with E-state index in [2.05, 4.69) is 21.3 Å². The van der Waals surface area contributed by atoms with Crippen LogP contribution in [0.5, 0.6) is 5.75 Å². The Labute approximate surface area is 230 Å². The predicted molar refractivity (Wildman–Crippen MR) is 145 cm³/mol. The number of halogens is 4. The van der Waals surface area contributed by atoms with E-state index in [1.807, 2.05) is 37.4 Å². The molecule has 1 saturated carbocycles. The van der Waals surface area contributed by atoms with Gasteiger partial charge in [-0.25, -0.2) is 21.9 Å². The fourth-order valence-electron chi connectivity index (χ4n) is 3.63. The highest BCUT2D eigenvalue weighted by Crippen LogP contribution is 2.51. The van der Waals surface area contributed by atoms with Crippen LogP contribution in [0.4, 0.5) is 28.9 Å². The minimum absolute atomic E-state index is 0.0193. The van der Waals surface area contributed by atoms with Gasteiger partial charge in [-0.15, -0.1) is 11.8 Å². The van der Waals surface area contributed by atoms with Gasteiger partial charge in [0.1, 0.15) is 12.4 Å². The summed E-state index contributed by atoms with van der Waals surface area (Å²) in [6.07, 6.45) is -0.369. The zero-order chi connectivity index (χ0) is 28.1. The maximum atomic E-state index is 13.5. The number of carboxylic acid groups (broad SMARTS) is 1. The monoisotopic (exact) mass is 574 g/mol. The van der Waals surface area contributed by atoms with Crippen molar-refractivity contribution < 1.29 is 32.2 Å². The molecule has 11 heteroatoms. The zero-order valence-electron chi connectivity index (χ0n) is 21.9. The first-order valence-electron chi connectivity index (χ1n) is 12.5. The van der Waals surface area contributed by atoms with Crippen molar-refractivity contribution in [3.05, 3.63) is 42.5 Å². The summed E-state index contributed by atoms with van der Waals surface area (Å²) in [5.74, 6) is -6.11. The van der Waals surface area contributed by atoms with Crippen LogP contribution in [-0.4, -0.2) is 59.2 Å². The Kier molecular flexibility index (Phi) is 10.3. The van der Waals surface area contributed by atoms with Crippen molar-refractivity contribution in [2.24, 2.45) is 5.92 Å². The van der Waals surface area contributed by atoms with Crippen molar-refractivity contribution in [3.8, 4) is 5.75 Å². The largest absolute Gasteiger partial charge is 0.491 e. The molecule has 2 aromatic rings. The van der Waals surface area contributed by atoms with Gasteiger partial charge in [0.25, 0.3) is 0 Å². The predicted octanol–water partition coefficient (Wildman–Crippen LogP) is 7.82. The molecule has 5 nitrogen and oxygen atoms in total. The first kappa shape index (κ1) is 30.4. The van der Waals surface area contributed by atoms with Crippen LogP contribution in [0.2, 0.25) is 0 Å². The molecular formula is C27H34F4N2O3S2. The summed E-state index contributed by atoms with van der Waals surface area (Å²) in [5, 5.41) is 9.03. The average molecular weight is 575 g/mol. The molecule has 1 N–H and O–H groups in total. The Hall–Kier alpha value is -2.11. The molecule has 1 unspecified atom stereocenters. The molecule has 0 aromatic heterocycles. The summed E-state index contributed by atoms with van der Waals surface area (Å²) < 4.78 is 57.9. The number of likely N-dealkylation sites (N-methyl/N-ethyl adjacent to an activating group) is 1. The number of rotatable bonds is 8. The Bertz CT molecular complexity index is 1080. The van der Waals surface area contributed by atoms with Crippen LogP contribution in [0, 0.1) is 5.92 Å². The van der Waals surface area contributed by atoms with Crippen molar-refractivity contribution >= 4 is 41.1 Å². The van der Waals surface area contributed by atoms with Crippen LogP contribution in [0.15, 0.2) is 52.3 Å². The van der Waals surface area contributed by atoms with Gasteiger partial charge in [0.05, 0.1) is 21.4 Å². The Morgan fingerprint density at radius 3 is 2.42 bits per heavy atom. The molecule has 1 aliphatic heterocycles. The van der Waals surface area contributed by atoms with Crippen molar-refractivity contribution in [3.63, 3.8) is 0 Å². The lowest BCUT2D eigenvalue weighted by molar-refractivity contribution is -0.142. The smallest absolute Gasteiger partial charge is 0.309 e. The summed E-state index contributed by atoms with van der Waals surface area (Å²) in [6.45, 7) is 5.59. The molecule has 0 amide bonds. The lowest BCUT2D eigenvalue weighted by atomic mass is 9.94. The summed E-state index contributed by atoms with van der Waals surface area (Å²) in [7, 11) is 2.02. The van der Waals surface area contributed by atoms with Crippen LogP contribution in [0.25, 0.3) is 0 Å². The van der Waals surface area contributed by atoms with E-state index in [-0.39, 0.29) is 31.1 Å². The fourth-order valence-corrected chi connectivity index (χ4v) is 5.98. The van der Waals surface area contributed by atoms with Gasteiger partial charge in [0.15, 0.2) is 0 Å². The van der Waals surface area contributed by atoms with Gasteiger partial charge in [0.2, 0.25) is 11.8 Å². The van der Waals surface area contributed by atoms with Crippen LogP contribution in [0.3, 0.4) is 0 Å². The topological polar surface area (TPSA) is 53.0 Å². The van der Waals surface area contributed by atoms with E-state index in [0.29, 0.717) is 5.75 Å². The second kappa shape index (κ2) is 12.8. The average Bonchev–Trinajstić information content (AvgIpc) is 2.99. The summed E-state index contributed by atoms with van der Waals surface area (Å²) in [5.41, 5.74) is 2.06. The number of carbonyl (C=O) groups is 1. The second-order valence-corrected chi connectivity index (χ2v) is 12.3. The Balaban J connectivity index is 0.000000599. The number of benzene rings is 2. The van der Waals surface area contributed by atoms with Crippen molar-refractivity contribution in [1.29, 1.82) is 0 Å². The Morgan fingerprint density at radius 2 is 1.87 bits per heavy atom. The molecule has 0 radical (unpaired) electrons. The second-order valence-electron chi connectivity index (χ2n) is 9.67. The normalized spacial score (nSPS) is 18.4. The highest BCUT2D eigenvalue weighted by atomic mass is 32.2. The zero-order valence-corrected chi connectivity index (χ0v) is 23.6. The molecule has 0 spiro atoms. The maximum Gasteiger partial charge on any atom is 0.309 e. The lowest BCUT2D eigenvalue weighted by Gasteiger charge is -2.35. The molecule has 0 saturated heterocycles. The van der Waals surface area contributed by atoms with Crippen LogP contribution in [-0.2, 0) is 4.79 Å². The lowest BCUT2D eigenvalue weighted by Crippen LogP contribution is -2.37. The highest BCUT2D eigenvalue weighted by molar-refractivity contribution is 8.00. The number of nitrogens with zero attached hydrogens (tertiary/aromatic N) is 2. The van der Waals surface area contributed by atoms with Crippen molar-refractivity contribution in [2.45, 2.75) is 66.9 Å². The molecule has 2 aliphatic rings. The van der Waals surface area contributed by atoms with E-state index in [1.54, 1.807) is 18.9 Å². The molecule has 1 fully saturated rings. The van der Waals surface area contributed by atoms with E-state index >= 15 is 0 Å². The molecule has 0 bridgehead atoms. The van der Waals surface area contributed by atoms with Gasteiger partial charge in [-0.05, 0) is 57.1 Å². The maximum absolute atomic E-state index is 13.5. The molecule has 2 aromatic carbocycles. The van der Waals surface area contributed by atoms with E-state index < -0.39 is 23.7 Å². The minimum atomic E-state index is -2.60. The van der Waals surface area contributed by atoms with E-state index in [0.717, 1.165) is 41.2 Å². The van der Waals surface area contributed by atoms with Gasteiger partial charge in [0, 0.05) is 43.3 Å². The van der Waals surface area contributed by atoms with E-state index in [9.17, 15) is 27.5 Å². The SMILES string of the molecule is CC(COc1cc2c(cc1SC1CC(F)(F)C1)N(c1ccccc1)CCN(C)S2)C(=O)O.CCC(C)(F)F. The number of fused-ring (bicyclic) bond motifs is 1. The third-order valence-electron chi connectivity index (χ3n) is 6.15.